The second-order valence-corrected chi connectivity index (χ2v) is 5.71. The lowest BCUT2D eigenvalue weighted by atomic mass is 9.92. The Kier molecular flexibility index (Phi) is 4.28. The van der Waals surface area contributed by atoms with Crippen LogP contribution >= 0.6 is 15.9 Å². The fourth-order valence-corrected chi connectivity index (χ4v) is 3.38. The van der Waals surface area contributed by atoms with Gasteiger partial charge < -0.3 is 4.74 Å². The Labute approximate surface area is 106 Å². The summed E-state index contributed by atoms with van der Waals surface area (Å²) in [6.07, 6.45) is 6.72. The molecule has 0 aliphatic heterocycles. The first-order valence-corrected chi connectivity index (χ1v) is 7.01. The molecule has 1 nitrogen and oxygen atoms in total. The van der Waals surface area contributed by atoms with Crippen molar-refractivity contribution >= 4 is 15.9 Å². The first kappa shape index (κ1) is 12.0. The normalized spacial score (nSPS) is 26.1. The highest BCUT2D eigenvalue weighted by molar-refractivity contribution is 9.09. The Balaban J connectivity index is 2.14. The van der Waals surface area contributed by atoms with Gasteiger partial charge in [-0.2, -0.15) is 0 Å². The van der Waals surface area contributed by atoms with Gasteiger partial charge in [0.05, 0.1) is 7.11 Å². The predicted molar refractivity (Wildman–Crippen MR) is 71.5 cm³/mol. The third-order valence-corrected chi connectivity index (χ3v) is 4.57. The van der Waals surface area contributed by atoms with Crippen LogP contribution in [0.2, 0.25) is 0 Å². The molecule has 0 heterocycles. The van der Waals surface area contributed by atoms with Crippen molar-refractivity contribution < 1.29 is 4.74 Å². The molecule has 1 aromatic rings. The van der Waals surface area contributed by atoms with Gasteiger partial charge in [-0.15, -0.1) is 0 Å². The molecule has 0 N–H and O–H groups in total. The van der Waals surface area contributed by atoms with Crippen molar-refractivity contribution in [2.75, 3.05) is 7.11 Å². The molecule has 0 aromatic heterocycles. The van der Waals surface area contributed by atoms with Crippen molar-refractivity contribution in [3.8, 4) is 5.75 Å². The summed E-state index contributed by atoms with van der Waals surface area (Å²) in [5.41, 5.74) is 1.45. The maximum absolute atomic E-state index is 5.20. The second kappa shape index (κ2) is 5.72. The van der Waals surface area contributed by atoms with Crippen molar-refractivity contribution in [1.82, 2.24) is 0 Å². The number of hydrogen-bond donors (Lipinski definition) is 0. The van der Waals surface area contributed by atoms with Gasteiger partial charge in [-0.3, -0.25) is 0 Å². The zero-order valence-electron chi connectivity index (χ0n) is 9.79. The Hall–Kier alpha value is -0.500. The van der Waals surface area contributed by atoms with Crippen molar-refractivity contribution in [2.24, 2.45) is 0 Å². The van der Waals surface area contributed by atoms with Crippen LogP contribution in [-0.4, -0.2) is 11.9 Å². The van der Waals surface area contributed by atoms with Gasteiger partial charge in [0.1, 0.15) is 5.75 Å². The monoisotopic (exact) mass is 282 g/mol. The smallest absolute Gasteiger partial charge is 0.118 e. The number of rotatable bonds is 2. The molecule has 2 rings (SSSR count). The molecule has 0 bridgehead atoms. The first-order valence-electron chi connectivity index (χ1n) is 6.09. The lowest BCUT2D eigenvalue weighted by Gasteiger charge is -2.20. The highest BCUT2D eigenvalue weighted by Crippen LogP contribution is 2.36. The molecule has 1 saturated carbocycles. The third-order valence-electron chi connectivity index (χ3n) is 3.48. The quantitative estimate of drug-likeness (QED) is 0.573. The highest BCUT2D eigenvalue weighted by Gasteiger charge is 2.22. The fourth-order valence-electron chi connectivity index (χ4n) is 2.49. The Morgan fingerprint density at radius 2 is 1.75 bits per heavy atom. The van der Waals surface area contributed by atoms with E-state index in [0.29, 0.717) is 10.7 Å². The lowest BCUT2D eigenvalue weighted by Crippen LogP contribution is -2.10. The van der Waals surface area contributed by atoms with E-state index >= 15 is 0 Å². The van der Waals surface area contributed by atoms with Crippen LogP contribution in [0, 0.1) is 0 Å². The van der Waals surface area contributed by atoms with Gasteiger partial charge in [-0.25, -0.2) is 0 Å². The van der Waals surface area contributed by atoms with Gasteiger partial charge in [0.15, 0.2) is 0 Å². The molecular weight excluding hydrogens is 264 g/mol. The number of alkyl halides is 1. The van der Waals surface area contributed by atoms with Crippen molar-refractivity contribution in [2.45, 2.75) is 42.8 Å². The van der Waals surface area contributed by atoms with E-state index in [-0.39, 0.29) is 0 Å². The molecule has 1 aliphatic carbocycles. The van der Waals surface area contributed by atoms with Crippen LogP contribution in [0.15, 0.2) is 24.3 Å². The predicted octanol–water partition coefficient (Wildman–Crippen LogP) is 4.51. The fraction of sp³-hybridized carbons (Fsp3) is 0.571. The van der Waals surface area contributed by atoms with Crippen LogP contribution in [0.1, 0.15) is 43.6 Å². The molecule has 0 spiro atoms. The molecule has 1 aromatic carbocycles. The molecule has 2 heteroatoms. The van der Waals surface area contributed by atoms with Crippen LogP contribution in [0.25, 0.3) is 0 Å². The van der Waals surface area contributed by atoms with E-state index in [2.05, 4.69) is 40.2 Å². The zero-order chi connectivity index (χ0) is 11.4. The Morgan fingerprint density at radius 1 is 1.06 bits per heavy atom. The zero-order valence-corrected chi connectivity index (χ0v) is 11.4. The summed E-state index contributed by atoms with van der Waals surface area (Å²) in [5.74, 6) is 1.62. The average molecular weight is 283 g/mol. The molecular formula is C14H19BrO. The Morgan fingerprint density at radius 3 is 2.44 bits per heavy atom. The number of benzene rings is 1. The van der Waals surface area contributed by atoms with Crippen molar-refractivity contribution in [3.63, 3.8) is 0 Å². The molecule has 16 heavy (non-hydrogen) atoms. The van der Waals surface area contributed by atoms with Crippen LogP contribution in [0.5, 0.6) is 5.75 Å². The molecule has 0 amide bonds. The van der Waals surface area contributed by atoms with E-state index in [1.807, 2.05) is 0 Å². The van der Waals surface area contributed by atoms with E-state index in [1.165, 1.54) is 37.7 Å². The molecule has 88 valence electrons. The minimum absolute atomic E-state index is 0.642. The van der Waals surface area contributed by atoms with Gasteiger partial charge in [0, 0.05) is 4.83 Å². The maximum Gasteiger partial charge on any atom is 0.118 e. The van der Waals surface area contributed by atoms with Crippen molar-refractivity contribution in [3.05, 3.63) is 29.8 Å². The average Bonchev–Trinajstić information content (AvgIpc) is 2.54. The largest absolute Gasteiger partial charge is 0.497 e. The summed E-state index contributed by atoms with van der Waals surface area (Å²) in [6.45, 7) is 0. The Bertz CT molecular complexity index is 320. The van der Waals surface area contributed by atoms with Gasteiger partial charge >= 0.3 is 0 Å². The molecule has 2 atom stereocenters. The second-order valence-electron chi connectivity index (χ2n) is 4.53. The summed E-state index contributed by atoms with van der Waals surface area (Å²) in [4.78, 5) is 0.642. The molecule has 1 aliphatic rings. The maximum atomic E-state index is 5.20. The van der Waals surface area contributed by atoms with E-state index in [0.717, 1.165) is 5.75 Å². The minimum Gasteiger partial charge on any atom is -0.497 e. The first-order chi connectivity index (χ1) is 7.81. The molecule has 0 saturated heterocycles. The summed E-state index contributed by atoms with van der Waals surface area (Å²) in [7, 11) is 1.72. The third kappa shape index (κ3) is 2.79. The van der Waals surface area contributed by atoms with Gasteiger partial charge in [0.2, 0.25) is 0 Å². The van der Waals surface area contributed by atoms with Crippen LogP contribution in [0.4, 0.5) is 0 Å². The topological polar surface area (TPSA) is 9.23 Å². The van der Waals surface area contributed by atoms with Gasteiger partial charge in [-0.05, 0) is 36.5 Å². The van der Waals surface area contributed by atoms with Gasteiger partial charge in [-0.1, -0.05) is 47.3 Å². The van der Waals surface area contributed by atoms with Crippen LogP contribution < -0.4 is 4.74 Å². The number of methoxy groups -OCH3 is 1. The molecule has 2 unspecified atom stereocenters. The highest BCUT2D eigenvalue weighted by atomic mass is 79.9. The van der Waals surface area contributed by atoms with E-state index in [1.54, 1.807) is 7.11 Å². The number of ether oxygens (including phenoxy) is 1. The van der Waals surface area contributed by atoms with E-state index in [9.17, 15) is 0 Å². The minimum atomic E-state index is 0.642. The van der Waals surface area contributed by atoms with Crippen LogP contribution in [-0.2, 0) is 0 Å². The van der Waals surface area contributed by atoms with Gasteiger partial charge in [0.25, 0.3) is 0 Å². The van der Waals surface area contributed by atoms with Crippen LogP contribution in [0.3, 0.4) is 0 Å². The summed E-state index contributed by atoms with van der Waals surface area (Å²) >= 11 is 3.85. The summed E-state index contributed by atoms with van der Waals surface area (Å²) in [5, 5.41) is 0. The van der Waals surface area contributed by atoms with E-state index < -0.39 is 0 Å². The standard InChI is InChI=1S/C14H19BrO/c1-16-12-9-7-11(8-10-12)13-5-3-2-4-6-14(13)15/h7-10,13-14H,2-6H2,1H3. The summed E-state index contributed by atoms with van der Waals surface area (Å²) in [6, 6.07) is 8.56. The van der Waals surface area contributed by atoms with E-state index in [4.69, 9.17) is 4.74 Å². The SMILES string of the molecule is COc1ccc(C2CCCCCC2Br)cc1. The summed E-state index contributed by atoms with van der Waals surface area (Å²) < 4.78 is 5.20. The molecule has 0 radical (unpaired) electrons. The van der Waals surface area contributed by atoms with Crippen molar-refractivity contribution in [1.29, 1.82) is 0 Å². The number of hydrogen-bond acceptors (Lipinski definition) is 1. The lowest BCUT2D eigenvalue weighted by molar-refractivity contribution is 0.414. The number of halogens is 1. The molecule has 1 fully saturated rings.